The predicted molar refractivity (Wildman–Crippen MR) is 78.1 cm³/mol. The van der Waals surface area contributed by atoms with Crippen LogP contribution in [0.4, 0.5) is 0 Å². The minimum Gasteiger partial charge on any atom is -0.342 e. The highest BCUT2D eigenvalue weighted by atomic mass is 32.2. The molecule has 118 valence electrons. The lowest BCUT2D eigenvalue weighted by Gasteiger charge is -2.34. The van der Waals surface area contributed by atoms with Crippen LogP contribution in [0.5, 0.6) is 0 Å². The van der Waals surface area contributed by atoms with Gasteiger partial charge in [-0.05, 0) is 25.3 Å². The van der Waals surface area contributed by atoms with Crippen molar-refractivity contribution in [1.82, 2.24) is 14.9 Å². The van der Waals surface area contributed by atoms with Crippen LogP contribution in [-0.2, 0) is 15.0 Å². The molecule has 7 nitrogen and oxygen atoms in total. The largest absolute Gasteiger partial charge is 0.342 e. The molecule has 4 N–H and O–H groups in total. The fourth-order valence-corrected chi connectivity index (χ4v) is 2.89. The third kappa shape index (κ3) is 6.17. The molecule has 1 saturated heterocycles. The number of nitrogens with one attached hydrogen (secondary N) is 2. The Balaban J connectivity index is 2.45. The average Bonchev–Trinajstić information content (AvgIpc) is 2.41. The van der Waals surface area contributed by atoms with Crippen LogP contribution in [-0.4, -0.2) is 51.9 Å². The van der Waals surface area contributed by atoms with Crippen LogP contribution in [0.15, 0.2) is 0 Å². The first kappa shape index (κ1) is 17.4. The maximum absolute atomic E-state index is 12.3. The van der Waals surface area contributed by atoms with Crippen LogP contribution in [0.2, 0.25) is 0 Å². The molecule has 1 amide bonds. The number of piperidine rings is 1. The van der Waals surface area contributed by atoms with E-state index < -0.39 is 10.2 Å². The first-order valence-corrected chi connectivity index (χ1v) is 8.65. The molecule has 0 aromatic rings. The van der Waals surface area contributed by atoms with Gasteiger partial charge in [0.25, 0.3) is 10.2 Å². The first-order chi connectivity index (χ1) is 9.33. The van der Waals surface area contributed by atoms with E-state index in [2.05, 4.69) is 10.0 Å². The van der Waals surface area contributed by atoms with E-state index in [0.29, 0.717) is 19.6 Å². The standard InChI is InChI=1S/C12H26N4O3S/c1-3-14-7-10(2)12(17)16-6-4-5-11(9-16)8-15-20(13,18)19/h10-11,14-15H,3-9H2,1-2H3,(H2,13,18,19). The molecule has 0 spiro atoms. The Morgan fingerprint density at radius 2 is 2.20 bits per heavy atom. The van der Waals surface area contributed by atoms with E-state index in [1.54, 1.807) is 0 Å². The zero-order chi connectivity index (χ0) is 15.2. The van der Waals surface area contributed by atoms with Crippen LogP contribution in [0.25, 0.3) is 0 Å². The molecular weight excluding hydrogens is 280 g/mol. The second-order valence-electron chi connectivity index (χ2n) is 5.39. The normalized spacial score (nSPS) is 21.8. The van der Waals surface area contributed by atoms with Crippen molar-refractivity contribution in [3.05, 3.63) is 0 Å². The number of carbonyl (C=O) groups is 1. The van der Waals surface area contributed by atoms with Gasteiger partial charge in [0, 0.05) is 32.1 Å². The zero-order valence-corrected chi connectivity index (χ0v) is 13.1. The lowest BCUT2D eigenvalue weighted by molar-refractivity contribution is -0.136. The summed E-state index contributed by atoms with van der Waals surface area (Å²) in [4.78, 5) is 14.1. The van der Waals surface area contributed by atoms with Gasteiger partial charge in [-0.25, -0.2) is 9.86 Å². The van der Waals surface area contributed by atoms with Crippen molar-refractivity contribution in [2.75, 3.05) is 32.7 Å². The molecule has 1 aliphatic heterocycles. The van der Waals surface area contributed by atoms with Crippen LogP contribution < -0.4 is 15.2 Å². The van der Waals surface area contributed by atoms with Gasteiger partial charge in [-0.3, -0.25) is 4.79 Å². The molecule has 1 rings (SSSR count). The molecule has 20 heavy (non-hydrogen) atoms. The van der Waals surface area contributed by atoms with Crippen molar-refractivity contribution in [3.8, 4) is 0 Å². The number of likely N-dealkylation sites (tertiary alicyclic amines) is 1. The van der Waals surface area contributed by atoms with Gasteiger partial charge in [-0.1, -0.05) is 13.8 Å². The highest BCUT2D eigenvalue weighted by Gasteiger charge is 2.26. The number of hydrogen-bond acceptors (Lipinski definition) is 4. The molecule has 0 radical (unpaired) electrons. The second-order valence-corrected chi connectivity index (χ2v) is 6.77. The topological polar surface area (TPSA) is 105 Å². The third-order valence-electron chi connectivity index (χ3n) is 3.53. The Morgan fingerprint density at radius 1 is 1.50 bits per heavy atom. The molecule has 0 bridgehead atoms. The van der Waals surface area contributed by atoms with Crippen molar-refractivity contribution >= 4 is 16.1 Å². The fourth-order valence-electron chi connectivity index (χ4n) is 2.43. The van der Waals surface area contributed by atoms with Crippen LogP contribution >= 0.6 is 0 Å². The fraction of sp³-hybridized carbons (Fsp3) is 0.917. The van der Waals surface area contributed by atoms with Gasteiger partial charge in [-0.15, -0.1) is 0 Å². The van der Waals surface area contributed by atoms with Crippen molar-refractivity contribution in [2.45, 2.75) is 26.7 Å². The monoisotopic (exact) mass is 306 g/mol. The lowest BCUT2D eigenvalue weighted by Crippen LogP contribution is -2.47. The summed E-state index contributed by atoms with van der Waals surface area (Å²) in [5.41, 5.74) is 0. The highest BCUT2D eigenvalue weighted by molar-refractivity contribution is 7.87. The average molecular weight is 306 g/mol. The van der Waals surface area contributed by atoms with Gasteiger partial charge in [0.2, 0.25) is 5.91 Å². The summed E-state index contributed by atoms with van der Waals surface area (Å²) in [6.45, 7) is 7.08. The smallest absolute Gasteiger partial charge is 0.274 e. The van der Waals surface area contributed by atoms with Gasteiger partial charge in [-0.2, -0.15) is 8.42 Å². The number of rotatable bonds is 7. The maximum Gasteiger partial charge on any atom is 0.274 e. The van der Waals surface area contributed by atoms with Crippen LogP contribution in [0.1, 0.15) is 26.7 Å². The number of hydrogen-bond donors (Lipinski definition) is 3. The third-order valence-corrected chi connectivity index (χ3v) is 4.09. The summed E-state index contributed by atoms with van der Waals surface area (Å²) in [6.07, 6.45) is 1.81. The van der Waals surface area contributed by atoms with E-state index in [0.717, 1.165) is 25.9 Å². The molecule has 0 aromatic carbocycles. The summed E-state index contributed by atoms with van der Waals surface area (Å²) in [5, 5.41) is 8.09. The van der Waals surface area contributed by atoms with E-state index in [9.17, 15) is 13.2 Å². The lowest BCUT2D eigenvalue weighted by atomic mass is 9.97. The Bertz CT molecular complexity index is 413. The van der Waals surface area contributed by atoms with Gasteiger partial charge in [0.1, 0.15) is 0 Å². The number of nitrogens with zero attached hydrogens (tertiary/aromatic N) is 1. The van der Waals surface area contributed by atoms with Gasteiger partial charge >= 0.3 is 0 Å². The summed E-state index contributed by atoms with van der Waals surface area (Å²) in [6, 6.07) is 0. The van der Waals surface area contributed by atoms with Crippen LogP contribution in [0.3, 0.4) is 0 Å². The zero-order valence-electron chi connectivity index (χ0n) is 12.3. The Hall–Kier alpha value is -0.700. The Kier molecular flexibility index (Phi) is 6.87. The van der Waals surface area contributed by atoms with Gasteiger partial charge in [0.05, 0.1) is 0 Å². The van der Waals surface area contributed by atoms with Crippen molar-refractivity contribution < 1.29 is 13.2 Å². The number of amides is 1. The van der Waals surface area contributed by atoms with E-state index in [1.165, 1.54) is 0 Å². The number of nitrogens with two attached hydrogens (primary N) is 1. The highest BCUT2D eigenvalue weighted by Crippen LogP contribution is 2.17. The summed E-state index contributed by atoms with van der Waals surface area (Å²) >= 11 is 0. The first-order valence-electron chi connectivity index (χ1n) is 7.10. The van der Waals surface area contributed by atoms with E-state index in [1.807, 2.05) is 18.7 Å². The van der Waals surface area contributed by atoms with Crippen molar-refractivity contribution in [3.63, 3.8) is 0 Å². The molecule has 2 atom stereocenters. The minimum absolute atomic E-state index is 0.0556. The molecule has 1 fully saturated rings. The molecule has 1 heterocycles. The molecule has 8 heteroatoms. The minimum atomic E-state index is -3.65. The maximum atomic E-state index is 12.3. The molecule has 0 saturated carbocycles. The van der Waals surface area contributed by atoms with Crippen molar-refractivity contribution in [1.29, 1.82) is 0 Å². The van der Waals surface area contributed by atoms with Gasteiger partial charge in [0.15, 0.2) is 0 Å². The van der Waals surface area contributed by atoms with E-state index in [4.69, 9.17) is 5.14 Å². The Labute approximate surface area is 121 Å². The van der Waals surface area contributed by atoms with E-state index in [-0.39, 0.29) is 17.7 Å². The molecule has 0 aliphatic carbocycles. The number of carbonyl (C=O) groups excluding carboxylic acids is 1. The SMILES string of the molecule is CCNCC(C)C(=O)N1CCCC(CNS(N)(=O)=O)C1. The molecule has 1 aliphatic rings. The van der Waals surface area contributed by atoms with Crippen molar-refractivity contribution in [2.24, 2.45) is 17.0 Å². The second kappa shape index (κ2) is 7.92. The Morgan fingerprint density at radius 3 is 2.80 bits per heavy atom. The molecule has 2 unspecified atom stereocenters. The quantitative estimate of drug-likeness (QED) is 0.576. The molecular formula is C12H26N4O3S. The predicted octanol–water partition coefficient (Wildman–Crippen LogP) is -0.736. The summed E-state index contributed by atoms with van der Waals surface area (Å²) in [7, 11) is -3.65. The van der Waals surface area contributed by atoms with Gasteiger partial charge < -0.3 is 10.2 Å². The van der Waals surface area contributed by atoms with E-state index >= 15 is 0 Å². The van der Waals surface area contributed by atoms with Crippen LogP contribution in [0, 0.1) is 11.8 Å². The summed E-state index contributed by atoms with van der Waals surface area (Å²) < 4.78 is 24.1. The molecule has 0 aromatic heterocycles. The summed E-state index contributed by atoms with van der Waals surface area (Å²) in [5.74, 6) is 0.212.